The summed E-state index contributed by atoms with van der Waals surface area (Å²) < 4.78 is 5.19. The monoisotopic (exact) mass is 404 g/mol. The molecular weight excluding hydrogens is 372 g/mol. The van der Waals surface area contributed by atoms with Crippen molar-refractivity contribution in [2.75, 3.05) is 26.2 Å². The van der Waals surface area contributed by atoms with Gasteiger partial charge in [-0.1, -0.05) is 27.2 Å². The van der Waals surface area contributed by atoms with E-state index in [0.29, 0.717) is 37.6 Å². The van der Waals surface area contributed by atoms with Gasteiger partial charge in [0.05, 0.1) is 12.3 Å². The molecule has 0 N–H and O–H groups in total. The lowest BCUT2D eigenvalue weighted by Crippen LogP contribution is -2.56. The van der Waals surface area contributed by atoms with E-state index < -0.39 is 5.97 Å². The Morgan fingerprint density at radius 1 is 1.17 bits per heavy atom. The molecule has 1 fully saturated rings. The van der Waals surface area contributed by atoms with Crippen molar-refractivity contribution in [1.82, 2.24) is 19.8 Å². The summed E-state index contributed by atoms with van der Waals surface area (Å²) in [5.74, 6) is -0.442. The van der Waals surface area contributed by atoms with Crippen molar-refractivity contribution in [3.63, 3.8) is 0 Å². The Bertz CT molecular complexity index is 778. The maximum absolute atomic E-state index is 13.3. The SMILES string of the molecule is CCCc1nc(C)nc(C(=O)N2CCN(C(=O)C(C)C)C(C)C2)c1C(=O)OCC. The Labute approximate surface area is 172 Å². The van der Waals surface area contributed by atoms with Gasteiger partial charge in [-0.2, -0.15) is 0 Å². The molecule has 1 aromatic heterocycles. The van der Waals surface area contributed by atoms with Crippen LogP contribution in [0.25, 0.3) is 0 Å². The summed E-state index contributed by atoms with van der Waals surface area (Å²) in [7, 11) is 0. The second kappa shape index (κ2) is 9.80. The quantitative estimate of drug-likeness (QED) is 0.675. The van der Waals surface area contributed by atoms with Crippen LogP contribution in [0.5, 0.6) is 0 Å². The van der Waals surface area contributed by atoms with E-state index in [0.717, 1.165) is 6.42 Å². The molecule has 2 rings (SSSR count). The van der Waals surface area contributed by atoms with Crippen molar-refractivity contribution in [3.8, 4) is 0 Å². The van der Waals surface area contributed by atoms with Crippen molar-refractivity contribution >= 4 is 17.8 Å². The van der Waals surface area contributed by atoms with Gasteiger partial charge >= 0.3 is 5.97 Å². The molecule has 0 aliphatic carbocycles. The number of rotatable bonds is 6. The minimum Gasteiger partial charge on any atom is -0.462 e. The summed E-state index contributed by atoms with van der Waals surface area (Å²) in [4.78, 5) is 50.5. The van der Waals surface area contributed by atoms with E-state index >= 15 is 0 Å². The highest BCUT2D eigenvalue weighted by atomic mass is 16.5. The van der Waals surface area contributed by atoms with Crippen molar-refractivity contribution < 1.29 is 19.1 Å². The van der Waals surface area contributed by atoms with Crippen LogP contribution in [0.2, 0.25) is 0 Å². The molecule has 8 nitrogen and oxygen atoms in total. The largest absolute Gasteiger partial charge is 0.462 e. The zero-order valence-electron chi connectivity index (χ0n) is 18.3. The smallest absolute Gasteiger partial charge is 0.342 e. The van der Waals surface area contributed by atoms with Crippen LogP contribution in [-0.4, -0.2) is 69.8 Å². The number of aryl methyl sites for hydroxylation is 2. The van der Waals surface area contributed by atoms with Gasteiger partial charge in [-0.25, -0.2) is 14.8 Å². The molecule has 2 heterocycles. The molecule has 160 valence electrons. The first-order chi connectivity index (χ1) is 13.7. The van der Waals surface area contributed by atoms with Crippen molar-refractivity contribution in [3.05, 3.63) is 22.8 Å². The minimum atomic E-state index is -0.569. The number of hydrogen-bond donors (Lipinski definition) is 0. The second-order valence-electron chi connectivity index (χ2n) is 7.70. The molecular formula is C21H32N4O4. The molecule has 0 spiro atoms. The molecule has 1 unspecified atom stereocenters. The van der Waals surface area contributed by atoms with Gasteiger partial charge in [-0.3, -0.25) is 9.59 Å². The molecule has 0 radical (unpaired) electrons. The van der Waals surface area contributed by atoms with Gasteiger partial charge in [-0.15, -0.1) is 0 Å². The van der Waals surface area contributed by atoms with Gasteiger partial charge < -0.3 is 14.5 Å². The Balaban J connectivity index is 2.35. The van der Waals surface area contributed by atoms with Crippen LogP contribution in [0, 0.1) is 12.8 Å². The molecule has 0 saturated carbocycles. The van der Waals surface area contributed by atoms with E-state index in [1.807, 2.05) is 32.6 Å². The third kappa shape index (κ3) is 5.10. The van der Waals surface area contributed by atoms with Crippen molar-refractivity contribution in [2.45, 2.75) is 60.4 Å². The molecule has 2 amide bonds. The Kier molecular flexibility index (Phi) is 7.70. The number of aromatic nitrogens is 2. The number of piperazine rings is 1. The third-order valence-electron chi connectivity index (χ3n) is 4.96. The summed E-state index contributed by atoms with van der Waals surface area (Å²) in [6.07, 6.45) is 1.34. The standard InChI is InChI=1S/C21H32N4O4/c1-7-9-16-17(21(28)29-8-2)18(23-15(6)22-16)20(27)24-10-11-25(14(5)12-24)19(26)13(3)4/h13-14H,7-12H2,1-6H3. The highest BCUT2D eigenvalue weighted by Crippen LogP contribution is 2.20. The van der Waals surface area contributed by atoms with Crippen LogP contribution >= 0.6 is 0 Å². The number of hydrogen-bond acceptors (Lipinski definition) is 6. The molecule has 1 saturated heterocycles. The zero-order valence-corrected chi connectivity index (χ0v) is 18.3. The number of esters is 1. The summed E-state index contributed by atoms with van der Waals surface area (Å²) in [5.41, 5.74) is 0.802. The van der Waals surface area contributed by atoms with Crippen LogP contribution in [-0.2, 0) is 16.0 Å². The fraction of sp³-hybridized carbons (Fsp3) is 0.667. The summed E-state index contributed by atoms with van der Waals surface area (Å²) in [6, 6.07) is -0.105. The van der Waals surface area contributed by atoms with Gasteiger partial charge in [0, 0.05) is 31.6 Å². The number of ether oxygens (including phenoxy) is 1. The first-order valence-corrected chi connectivity index (χ1v) is 10.4. The molecule has 1 aromatic rings. The summed E-state index contributed by atoms with van der Waals surface area (Å²) in [5, 5.41) is 0. The first kappa shape index (κ1) is 22.8. The van der Waals surface area contributed by atoms with Crippen LogP contribution in [0.4, 0.5) is 0 Å². The lowest BCUT2D eigenvalue weighted by atomic mass is 10.0. The highest BCUT2D eigenvalue weighted by Gasteiger charge is 2.34. The Morgan fingerprint density at radius 3 is 2.41 bits per heavy atom. The van der Waals surface area contributed by atoms with Crippen LogP contribution in [0.15, 0.2) is 0 Å². The second-order valence-corrected chi connectivity index (χ2v) is 7.70. The average Bonchev–Trinajstić information content (AvgIpc) is 2.66. The Morgan fingerprint density at radius 2 is 1.86 bits per heavy atom. The van der Waals surface area contributed by atoms with Crippen molar-refractivity contribution in [1.29, 1.82) is 0 Å². The predicted octanol–water partition coefficient (Wildman–Crippen LogP) is 2.24. The predicted molar refractivity (Wildman–Crippen MR) is 109 cm³/mol. The highest BCUT2D eigenvalue weighted by molar-refractivity contribution is 6.04. The fourth-order valence-corrected chi connectivity index (χ4v) is 3.57. The molecule has 0 aromatic carbocycles. The van der Waals surface area contributed by atoms with Crippen LogP contribution in [0.1, 0.15) is 73.4 Å². The van der Waals surface area contributed by atoms with Crippen molar-refractivity contribution in [2.24, 2.45) is 5.92 Å². The molecule has 1 aliphatic rings. The number of nitrogens with zero attached hydrogens (tertiary/aromatic N) is 4. The number of carbonyl (C=O) groups is 3. The van der Waals surface area contributed by atoms with E-state index in [4.69, 9.17) is 4.74 Å². The number of carbonyl (C=O) groups excluding carboxylic acids is 3. The summed E-state index contributed by atoms with van der Waals surface area (Å²) >= 11 is 0. The maximum atomic E-state index is 13.3. The molecule has 1 aliphatic heterocycles. The van der Waals surface area contributed by atoms with E-state index in [1.54, 1.807) is 18.7 Å². The van der Waals surface area contributed by atoms with Gasteiger partial charge in [-0.05, 0) is 27.2 Å². The minimum absolute atomic E-state index is 0.0833. The average molecular weight is 405 g/mol. The maximum Gasteiger partial charge on any atom is 0.342 e. The lowest BCUT2D eigenvalue weighted by molar-refractivity contribution is -0.138. The van der Waals surface area contributed by atoms with E-state index in [2.05, 4.69) is 9.97 Å². The topological polar surface area (TPSA) is 92.7 Å². The van der Waals surface area contributed by atoms with E-state index in [1.165, 1.54) is 0 Å². The molecule has 8 heteroatoms. The molecule has 1 atom stereocenters. The Hall–Kier alpha value is -2.51. The normalized spacial score (nSPS) is 16.9. The van der Waals surface area contributed by atoms with E-state index in [9.17, 15) is 14.4 Å². The van der Waals surface area contributed by atoms with Gasteiger partial charge in [0.25, 0.3) is 5.91 Å². The summed E-state index contributed by atoms with van der Waals surface area (Å²) in [6.45, 7) is 12.6. The zero-order chi connectivity index (χ0) is 21.7. The van der Waals surface area contributed by atoms with E-state index in [-0.39, 0.29) is 41.6 Å². The van der Waals surface area contributed by atoms with Gasteiger partial charge in [0.1, 0.15) is 17.1 Å². The molecule has 29 heavy (non-hydrogen) atoms. The first-order valence-electron chi connectivity index (χ1n) is 10.4. The van der Waals surface area contributed by atoms with Crippen LogP contribution in [0.3, 0.4) is 0 Å². The fourth-order valence-electron chi connectivity index (χ4n) is 3.57. The van der Waals surface area contributed by atoms with Gasteiger partial charge in [0.15, 0.2) is 0 Å². The molecule has 0 bridgehead atoms. The number of amides is 2. The van der Waals surface area contributed by atoms with Gasteiger partial charge in [0.2, 0.25) is 5.91 Å². The lowest BCUT2D eigenvalue weighted by Gasteiger charge is -2.40. The van der Waals surface area contributed by atoms with Crippen LogP contribution < -0.4 is 0 Å². The third-order valence-corrected chi connectivity index (χ3v) is 4.96.